The summed E-state index contributed by atoms with van der Waals surface area (Å²) >= 11 is 0. The summed E-state index contributed by atoms with van der Waals surface area (Å²) in [5, 5.41) is 3.58. The van der Waals surface area contributed by atoms with E-state index in [0.29, 0.717) is 6.04 Å². The normalized spacial score (nSPS) is 21.4. The van der Waals surface area contributed by atoms with E-state index in [-0.39, 0.29) is 0 Å². The zero-order valence-corrected chi connectivity index (χ0v) is 10.0. The number of pyridine rings is 1. The molecule has 0 bridgehead atoms. The molecule has 0 aromatic carbocycles. The van der Waals surface area contributed by atoms with Crippen LogP contribution in [0.3, 0.4) is 0 Å². The zero-order chi connectivity index (χ0) is 11.2. The molecule has 1 fully saturated rings. The topological polar surface area (TPSA) is 28.2 Å². The molecule has 1 aliphatic rings. The van der Waals surface area contributed by atoms with Gasteiger partial charge in [-0.25, -0.2) is 0 Å². The molecule has 3 heteroatoms. The molecule has 1 aromatic heterocycles. The number of nitrogens with zero attached hydrogens (tertiary/aromatic N) is 2. The molecule has 1 aromatic rings. The third kappa shape index (κ3) is 3.29. The third-order valence-electron chi connectivity index (χ3n) is 3.07. The van der Waals surface area contributed by atoms with Gasteiger partial charge in [-0.2, -0.15) is 0 Å². The maximum atomic E-state index is 4.37. The fourth-order valence-corrected chi connectivity index (χ4v) is 2.21. The second-order valence-corrected chi connectivity index (χ2v) is 4.50. The molecule has 3 nitrogen and oxygen atoms in total. The Kier molecular flexibility index (Phi) is 4.31. The van der Waals surface area contributed by atoms with Crippen LogP contribution in [0, 0.1) is 0 Å². The minimum atomic E-state index is 0.684. The highest BCUT2D eigenvalue weighted by Gasteiger charge is 2.21. The van der Waals surface area contributed by atoms with E-state index in [9.17, 15) is 0 Å². The Labute approximate surface area is 97.9 Å². The van der Waals surface area contributed by atoms with Crippen LogP contribution in [-0.2, 0) is 6.54 Å². The first-order chi connectivity index (χ1) is 7.88. The van der Waals surface area contributed by atoms with Crippen molar-refractivity contribution in [3.8, 4) is 0 Å². The first kappa shape index (κ1) is 11.6. The molecule has 88 valence electrons. The Balaban J connectivity index is 1.76. The van der Waals surface area contributed by atoms with Crippen LogP contribution in [0.25, 0.3) is 0 Å². The number of rotatable bonds is 5. The molecule has 0 spiro atoms. The summed E-state index contributed by atoms with van der Waals surface area (Å²) in [7, 11) is 0. The fraction of sp³-hybridized carbons (Fsp3) is 0.615. The Morgan fingerprint density at radius 1 is 1.50 bits per heavy atom. The van der Waals surface area contributed by atoms with Gasteiger partial charge in [-0.1, -0.05) is 13.0 Å². The molecule has 2 heterocycles. The molecule has 1 N–H and O–H groups in total. The lowest BCUT2D eigenvalue weighted by Gasteiger charge is -2.15. The summed E-state index contributed by atoms with van der Waals surface area (Å²) in [5.41, 5.74) is 1.18. The molecular weight excluding hydrogens is 198 g/mol. The quantitative estimate of drug-likeness (QED) is 0.816. The molecule has 1 aliphatic heterocycles. The lowest BCUT2D eigenvalue weighted by Crippen LogP contribution is -2.32. The number of nitrogens with one attached hydrogen (secondary N) is 1. The SMILES string of the molecule is CCCNC1CCN(Cc2ccccn2)C1. The summed E-state index contributed by atoms with van der Waals surface area (Å²) in [5.74, 6) is 0. The van der Waals surface area contributed by atoms with Crippen molar-refractivity contribution in [1.82, 2.24) is 15.2 Å². The van der Waals surface area contributed by atoms with E-state index < -0.39 is 0 Å². The lowest BCUT2D eigenvalue weighted by molar-refractivity contribution is 0.316. The first-order valence-corrected chi connectivity index (χ1v) is 6.24. The Bertz CT molecular complexity index is 299. The van der Waals surface area contributed by atoms with Crippen LogP contribution in [0.15, 0.2) is 24.4 Å². The van der Waals surface area contributed by atoms with Crippen LogP contribution in [-0.4, -0.2) is 35.6 Å². The second kappa shape index (κ2) is 5.97. The molecular formula is C13H21N3. The van der Waals surface area contributed by atoms with Gasteiger partial charge in [0.2, 0.25) is 0 Å². The van der Waals surface area contributed by atoms with Gasteiger partial charge in [0.05, 0.1) is 5.69 Å². The summed E-state index contributed by atoms with van der Waals surface area (Å²) in [6, 6.07) is 6.82. The van der Waals surface area contributed by atoms with Crippen molar-refractivity contribution in [2.75, 3.05) is 19.6 Å². The molecule has 16 heavy (non-hydrogen) atoms. The molecule has 2 rings (SSSR count). The van der Waals surface area contributed by atoms with E-state index in [1.54, 1.807) is 0 Å². The molecule has 1 atom stereocenters. The van der Waals surface area contributed by atoms with E-state index in [2.05, 4.69) is 34.3 Å². The monoisotopic (exact) mass is 219 g/mol. The minimum Gasteiger partial charge on any atom is -0.313 e. The van der Waals surface area contributed by atoms with Crippen LogP contribution >= 0.6 is 0 Å². The first-order valence-electron chi connectivity index (χ1n) is 6.24. The molecule has 0 amide bonds. The van der Waals surface area contributed by atoms with Crippen molar-refractivity contribution < 1.29 is 0 Å². The third-order valence-corrected chi connectivity index (χ3v) is 3.07. The predicted octanol–water partition coefficient (Wildman–Crippen LogP) is 1.66. The van der Waals surface area contributed by atoms with Crippen molar-refractivity contribution in [3.63, 3.8) is 0 Å². The van der Waals surface area contributed by atoms with Crippen LogP contribution < -0.4 is 5.32 Å². The van der Waals surface area contributed by atoms with Crippen molar-refractivity contribution in [1.29, 1.82) is 0 Å². The van der Waals surface area contributed by atoms with E-state index >= 15 is 0 Å². The molecule has 0 aliphatic carbocycles. The Morgan fingerprint density at radius 2 is 2.44 bits per heavy atom. The number of hydrogen-bond acceptors (Lipinski definition) is 3. The largest absolute Gasteiger partial charge is 0.313 e. The predicted molar refractivity (Wildman–Crippen MR) is 66.2 cm³/mol. The van der Waals surface area contributed by atoms with E-state index in [1.165, 1.54) is 25.1 Å². The molecule has 1 saturated heterocycles. The van der Waals surface area contributed by atoms with Gasteiger partial charge < -0.3 is 5.32 Å². The molecule has 0 radical (unpaired) electrons. The Morgan fingerprint density at radius 3 is 3.19 bits per heavy atom. The van der Waals surface area contributed by atoms with E-state index in [4.69, 9.17) is 0 Å². The highest BCUT2D eigenvalue weighted by Crippen LogP contribution is 2.12. The van der Waals surface area contributed by atoms with Crippen LogP contribution in [0.4, 0.5) is 0 Å². The second-order valence-electron chi connectivity index (χ2n) is 4.50. The summed E-state index contributed by atoms with van der Waals surface area (Å²) in [6.07, 6.45) is 4.36. The minimum absolute atomic E-state index is 0.684. The van der Waals surface area contributed by atoms with Crippen LogP contribution in [0.5, 0.6) is 0 Å². The van der Waals surface area contributed by atoms with Gasteiger partial charge in [-0.05, 0) is 31.5 Å². The van der Waals surface area contributed by atoms with Crippen LogP contribution in [0.1, 0.15) is 25.5 Å². The van der Waals surface area contributed by atoms with Gasteiger partial charge >= 0.3 is 0 Å². The summed E-state index contributed by atoms with van der Waals surface area (Å²) in [6.45, 7) is 6.70. The average Bonchev–Trinajstić information content (AvgIpc) is 2.75. The van der Waals surface area contributed by atoms with Crippen molar-refractivity contribution in [2.45, 2.75) is 32.4 Å². The van der Waals surface area contributed by atoms with Gasteiger partial charge in [0.1, 0.15) is 0 Å². The van der Waals surface area contributed by atoms with Gasteiger partial charge in [-0.15, -0.1) is 0 Å². The number of hydrogen-bond donors (Lipinski definition) is 1. The van der Waals surface area contributed by atoms with Crippen molar-refractivity contribution in [3.05, 3.63) is 30.1 Å². The van der Waals surface area contributed by atoms with E-state index in [0.717, 1.165) is 19.6 Å². The lowest BCUT2D eigenvalue weighted by atomic mass is 10.2. The maximum absolute atomic E-state index is 4.37. The van der Waals surface area contributed by atoms with Gasteiger partial charge in [0, 0.05) is 31.9 Å². The average molecular weight is 219 g/mol. The summed E-state index contributed by atoms with van der Waals surface area (Å²) in [4.78, 5) is 6.85. The standard InChI is InChI=1S/C13H21N3/c1-2-7-14-13-6-9-16(11-13)10-12-5-3-4-8-15-12/h3-5,8,13-14H,2,6-7,9-11H2,1H3. The van der Waals surface area contributed by atoms with Crippen molar-refractivity contribution in [2.24, 2.45) is 0 Å². The maximum Gasteiger partial charge on any atom is 0.0543 e. The highest BCUT2D eigenvalue weighted by atomic mass is 15.2. The van der Waals surface area contributed by atoms with E-state index in [1.807, 2.05) is 12.3 Å². The van der Waals surface area contributed by atoms with Gasteiger partial charge in [0.25, 0.3) is 0 Å². The number of likely N-dealkylation sites (tertiary alicyclic amines) is 1. The Hall–Kier alpha value is -0.930. The fourth-order valence-electron chi connectivity index (χ4n) is 2.21. The van der Waals surface area contributed by atoms with Gasteiger partial charge in [0.15, 0.2) is 0 Å². The van der Waals surface area contributed by atoms with Crippen molar-refractivity contribution >= 4 is 0 Å². The van der Waals surface area contributed by atoms with Crippen LogP contribution in [0.2, 0.25) is 0 Å². The molecule has 0 saturated carbocycles. The molecule has 1 unspecified atom stereocenters. The smallest absolute Gasteiger partial charge is 0.0543 e. The zero-order valence-electron chi connectivity index (χ0n) is 10.0. The van der Waals surface area contributed by atoms with Gasteiger partial charge in [-0.3, -0.25) is 9.88 Å². The highest BCUT2D eigenvalue weighted by molar-refractivity contribution is 5.03. The summed E-state index contributed by atoms with van der Waals surface area (Å²) < 4.78 is 0. The number of aromatic nitrogens is 1.